The molecule has 0 spiro atoms. The van der Waals surface area contributed by atoms with Crippen LogP contribution in [0.4, 0.5) is 0 Å². The molecule has 1 aliphatic heterocycles. The Bertz CT molecular complexity index is 949. The molecule has 3 aromatic rings. The maximum absolute atomic E-state index is 12.8. The molecule has 1 atom stereocenters. The first-order valence-corrected chi connectivity index (χ1v) is 11.8. The van der Waals surface area contributed by atoms with Crippen molar-refractivity contribution in [2.45, 2.75) is 51.1 Å². The van der Waals surface area contributed by atoms with E-state index in [4.69, 9.17) is 0 Å². The van der Waals surface area contributed by atoms with Crippen molar-refractivity contribution in [1.82, 2.24) is 25.2 Å². The zero-order valence-corrected chi connectivity index (χ0v) is 18.7. The van der Waals surface area contributed by atoms with Crippen LogP contribution in [0, 0.1) is 0 Å². The molecule has 0 bridgehead atoms. The van der Waals surface area contributed by atoms with Gasteiger partial charge in [0, 0.05) is 13.1 Å². The highest BCUT2D eigenvalue weighted by molar-refractivity contribution is 5.91. The normalized spacial score (nSPS) is 15.8. The van der Waals surface area contributed by atoms with Gasteiger partial charge in [-0.2, -0.15) is 0 Å². The number of nitrogens with one attached hydrogen (secondary N) is 1. The molecule has 1 N–H and O–H groups in total. The summed E-state index contributed by atoms with van der Waals surface area (Å²) in [6, 6.07) is 21.1. The Hall–Kier alpha value is -2.99. The van der Waals surface area contributed by atoms with Crippen molar-refractivity contribution in [1.29, 1.82) is 0 Å². The van der Waals surface area contributed by atoms with Crippen LogP contribution in [0.2, 0.25) is 0 Å². The third-order valence-electron chi connectivity index (χ3n) is 6.19. The van der Waals surface area contributed by atoms with Gasteiger partial charge in [-0.1, -0.05) is 78.7 Å². The van der Waals surface area contributed by atoms with E-state index in [1.807, 2.05) is 12.1 Å². The lowest BCUT2D eigenvalue weighted by Gasteiger charge is -2.31. The van der Waals surface area contributed by atoms with Crippen molar-refractivity contribution in [3.8, 4) is 0 Å². The largest absolute Gasteiger partial charge is 0.349 e. The van der Waals surface area contributed by atoms with E-state index in [1.54, 1.807) is 10.9 Å². The molecule has 32 heavy (non-hydrogen) atoms. The molecule has 6 nitrogen and oxygen atoms in total. The molecule has 1 saturated heterocycles. The molecular weight excluding hydrogens is 398 g/mol. The Labute approximate surface area is 190 Å². The number of carbonyl (C=O) groups excluding carboxylic acids is 1. The van der Waals surface area contributed by atoms with E-state index >= 15 is 0 Å². The second kappa shape index (κ2) is 11.6. The minimum atomic E-state index is -0.157. The summed E-state index contributed by atoms with van der Waals surface area (Å²) in [6.07, 6.45) is 8.71. The van der Waals surface area contributed by atoms with Crippen LogP contribution in [0.3, 0.4) is 0 Å². The van der Waals surface area contributed by atoms with Crippen molar-refractivity contribution in [3.63, 3.8) is 0 Å². The molecule has 6 heteroatoms. The Morgan fingerprint density at radius 3 is 2.34 bits per heavy atom. The fourth-order valence-electron chi connectivity index (χ4n) is 4.42. The van der Waals surface area contributed by atoms with Crippen LogP contribution in [0.1, 0.15) is 59.8 Å². The summed E-state index contributed by atoms with van der Waals surface area (Å²) in [5, 5.41) is 11.4. The minimum Gasteiger partial charge on any atom is -0.349 e. The Morgan fingerprint density at radius 1 is 0.938 bits per heavy atom. The summed E-state index contributed by atoms with van der Waals surface area (Å²) in [6.45, 7) is 3.47. The Balaban J connectivity index is 1.32. The van der Waals surface area contributed by atoms with Crippen LogP contribution < -0.4 is 5.32 Å². The maximum Gasteiger partial charge on any atom is 0.273 e. The van der Waals surface area contributed by atoms with Gasteiger partial charge in [-0.15, -0.1) is 5.10 Å². The molecular formula is C26H33N5O. The van der Waals surface area contributed by atoms with Gasteiger partial charge in [0.25, 0.3) is 5.91 Å². The average Bonchev–Trinajstić information content (AvgIpc) is 3.15. The summed E-state index contributed by atoms with van der Waals surface area (Å²) >= 11 is 0. The van der Waals surface area contributed by atoms with E-state index in [2.05, 4.69) is 69.1 Å². The van der Waals surface area contributed by atoms with Crippen molar-refractivity contribution < 1.29 is 4.79 Å². The highest BCUT2D eigenvalue weighted by Gasteiger charge is 2.22. The highest BCUT2D eigenvalue weighted by Crippen LogP contribution is 2.23. The number of rotatable bonds is 9. The molecule has 1 aromatic heterocycles. The predicted molar refractivity (Wildman–Crippen MR) is 126 cm³/mol. The standard InChI is InChI=1S/C26H33N5O/c32-26(24-21-31(29-28-24)19-11-14-22-12-5-3-6-13-22)27-20-25(23-15-7-4-8-16-23)30-17-9-1-2-10-18-30/h3-8,12-13,15-16,21,25H,1-2,9-11,14,17-20H2,(H,27,32). The van der Waals surface area contributed by atoms with Gasteiger partial charge in [0.2, 0.25) is 0 Å². The lowest BCUT2D eigenvalue weighted by molar-refractivity contribution is 0.0928. The topological polar surface area (TPSA) is 63.1 Å². The summed E-state index contributed by atoms with van der Waals surface area (Å²) in [5.74, 6) is -0.157. The molecule has 168 valence electrons. The molecule has 2 aromatic carbocycles. The van der Waals surface area contributed by atoms with Gasteiger partial charge in [-0.05, 0) is 49.9 Å². The fourth-order valence-corrected chi connectivity index (χ4v) is 4.42. The van der Waals surface area contributed by atoms with E-state index in [1.165, 1.54) is 36.8 Å². The molecule has 1 fully saturated rings. The maximum atomic E-state index is 12.8. The van der Waals surface area contributed by atoms with Crippen LogP contribution >= 0.6 is 0 Å². The van der Waals surface area contributed by atoms with E-state index in [-0.39, 0.29) is 11.9 Å². The number of hydrogen-bond donors (Lipinski definition) is 1. The van der Waals surface area contributed by atoms with Crippen molar-refractivity contribution >= 4 is 5.91 Å². The quantitative estimate of drug-likeness (QED) is 0.550. The monoisotopic (exact) mass is 431 g/mol. The van der Waals surface area contributed by atoms with E-state index in [9.17, 15) is 4.79 Å². The first-order chi connectivity index (χ1) is 15.8. The number of aryl methyl sites for hydroxylation is 2. The van der Waals surface area contributed by atoms with E-state index in [0.717, 1.165) is 32.5 Å². The Kier molecular flexibility index (Phi) is 8.04. The van der Waals surface area contributed by atoms with E-state index in [0.29, 0.717) is 12.2 Å². The van der Waals surface area contributed by atoms with Crippen LogP contribution in [-0.2, 0) is 13.0 Å². The first kappa shape index (κ1) is 22.2. The highest BCUT2D eigenvalue weighted by atomic mass is 16.2. The van der Waals surface area contributed by atoms with Gasteiger partial charge in [-0.3, -0.25) is 14.4 Å². The molecule has 1 amide bonds. The predicted octanol–water partition coefficient (Wildman–Crippen LogP) is 4.26. The SMILES string of the molecule is O=C(NCC(c1ccccc1)N1CCCCCC1)c1cn(CCCc2ccccc2)nn1. The third kappa shape index (κ3) is 6.26. The number of benzene rings is 2. The van der Waals surface area contributed by atoms with E-state index < -0.39 is 0 Å². The molecule has 0 radical (unpaired) electrons. The molecule has 1 aliphatic rings. The number of aromatic nitrogens is 3. The molecule has 0 aliphatic carbocycles. The van der Waals surface area contributed by atoms with Crippen molar-refractivity contribution in [2.75, 3.05) is 19.6 Å². The average molecular weight is 432 g/mol. The van der Waals surface area contributed by atoms with Gasteiger partial charge < -0.3 is 5.32 Å². The van der Waals surface area contributed by atoms with Crippen LogP contribution in [0.5, 0.6) is 0 Å². The minimum absolute atomic E-state index is 0.157. The van der Waals surface area contributed by atoms with Crippen LogP contribution in [0.15, 0.2) is 66.9 Å². The smallest absolute Gasteiger partial charge is 0.273 e. The van der Waals surface area contributed by atoms with Gasteiger partial charge in [0.05, 0.1) is 12.2 Å². The summed E-state index contributed by atoms with van der Waals surface area (Å²) in [7, 11) is 0. The summed E-state index contributed by atoms with van der Waals surface area (Å²) < 4.78 is 1.77. The first-order valence-electron chi connectivity index (χ1n) is 11.8. The Morgan fingerprint density at radius 2 is 1.62 bits per heavy atom. The van der Waals surface area contributed by atoms with Crippen molar-refractivity contribution in [3.05, 3.63) is 83.7 Å². The van der Waals surface area contributed by atoms with Gasteiger partial charge in [-0.25, -0.2) is 0 Å². The fraction of sp³-hybridized carbons (Fsp3) is 0.423. The van der Waals surface area contributed by atoms with Gasteiger partial charge in [0.15, 0.2) is 5.69 Å². The van der Waals surface area contributed by atoms with Crippen LogP contribution in [0.25, 0.3) is 0 Å². The number of likely N-dealkylation sites (tertiary alicyclic amines) is 1. The lowest BCUT2D eigenvalue weighted by atomic mass is 10.0. The van der Waals surface area contributed by atoms with Gasteiger partial charge >= 0.3 is 0 Å². The lowest BCUT2D eigenvalue weighted by Crippen LogP contribution is -2.38. The molecule has 0 saturated carbocycles. The molecule has 1 unspecified atom stereocenters. The second-order valence-corrected chi connectivity index (χ2v) is 8.54. The summed E-state index contributed by atoms with van der Waals surface area (Å²) in [5.41, 5.74) is 2.94. The second-order valence-electron chi connectivity index (χ2n) is 8.54. The number of hydrogen-bond acceptors (Lipinski definition) is 4. The summed E-state index contributed by atoms with van der Waals surface area (Å²) in [4.78, 5) is 15.3. The molecule has 2 heterocycles. The van der Waals surface area contributed by atoms with Crippen LogP contribution in [-0.4, -0.2) is 45.4 Å². The zero-order chi connectivity index (χ0) is 22.0. The zero-order valence-electron chi connectivity index (χ0n) is 18.7. The number of nitrogens with zero attached hydrogens (tertiary/aromatic N) is 4. The number of carbonyl (C=O) groups is 1. The number of amides is 1. The third-order valence-corrected chi connectivity index (χ3v) is 6.19. The van der Waals surface area contributed by atoms with Gasteiger partial charge in [0.1, 0.15) is 0 Å². The van der Waals surface area contributed by atoms with Crippen molar-refractivity contribution in [2.24, 2.45) is 0 Å². The molecule has 4 rings (SSSR count).